The zero-order chi connectivity index (χ0) is 26.3. The summed E-state index contributed by atoms with van der Waals surface area (Å²) in [7, 11) is -3.77. The van der Waals surface area contributed by atoms with Crippen LogP contribution in [0, 0.1) is 13.8 Å². The highest BCUT2D eigenvalue weighted by molar-refractivity contribution is 7.92. The monoisotopic (exact) mass is 521 g/mol. The molecule has 0 heterocycles. The summed E-state index contributed by atoms with van der Waals surface area (Å²) in [6, 6.07) is 11.7. The highest BCUT2D eigenvalue weighted by atomic mass is 35.5. The smallest absolute Gasteiger partial charge is 0.244 e. The Morgan fingerprint density at radius 3 is 2.20 bits per heavy atom. The van der Waals surface area contributed by atoms with E-state index in [0.29, 0.717) is 17.1 Å². The molecule has 0 aliphatic carbocycles. The molecule has 2 atom stereocenters. The normalized spacial score (nSPS) is 13.1. The summed E-state index contributed by atoms with van der Waals surface area (Å²) in [5.74, 6) is -0.723. The predicted octanol–water partition coefficient (Wildman–Crippen LogP) is 4.44. The van der Waals surface area contributed by atoms with Gasteiger partial charge in [0.1, 0.15) is 12.6 Å². The van der Waals surface area contributed by atoms with Crippen molar-refractivity contribution in [1.82, 2.24) is 10.2 Å². The van der Waals surface area contributed by atoms with E-state index in [2.05, 4.69) is 5.32 Å². The third-order valence-corrected chi connectivity index (χ3v) is 7.34. The van der Waals surface area contributed by atoms with Gasteiger partial charge in [0.25, 0.3) is 0 Å². The van der Waals surface area contributed by atoms with E-state index in [1.807, 2.05) is 39.8 Å². The highest BCUT2D eigenvalue weighted by Gasteiger charge is 2.32. The number of hydrogen-bond donors (Lipinski definition) is 1. The summed E-state index contributed by atoms with van der Waals surface area (Å²) in [5, 5.41) is 3.52. The van der Waals surface area contributed by atoms with Gasteiger partial charge in [-0.15, -0.1) is 0 Å². The minimum Gasteiger partial charge on any atom is -0.352 e. The lowest BCUT2D eigenvalue weighted by atomic mass is 10.1. The van der Waals surface area contributed by atoms with E-state index in [1.165, 1.54) is 4.90 Å². The van der Waals surface area contributed by atoms with Gasteiger partial charge in [-0.05, 0) is 68.5 Å². The van der Waals surface area contributed by atoms with Crippen LogP contribution in [0.1, 0.15) is 50.3 Å². The van der Waals surface area contributed by atoms with Crippen LogP contribution in [0.2, 0.25) is 5.02 Å². The number of halogens is 1. The molecule has 0 spiro atoms. The van der Waals surface area contributed by atoms with Crippen molar-refractivity contribution in [3.05, 3.63) is 64.2 Å². The van der Waals surface area contributed by atoms with Crippen LogP contribution in [-0.4, -0.2) is 50.0 Å². The molecule has 0 bridgehead atoms. The Hall–Kier alpha value is -2.58. The number of rotatable bonds is 11. The maximum Gasteiger partial charge on any atom is 0.244 e. The fourth-order valence-electron chi connectivity index (χ4n) is 3.73. The zero-order valence-corrected chi connectivity index (χ0v) is 22.9. The van der Waals surface area contributed by atoms with Crippen molar-refractivity contribution in [2.75, 3.05) is 17.1 Å². The molecule has 2 rings (SSSR count). The van der Waals surface area contributed by atoms with Crippen LogP contribution in [0.4, 0.5) is 5.69 Å². The Morgan fingerprint density at radius 1 is 1.03 bits per heavy atom. The van der Waals surface area contributed by atoms with Gasteiger partial charge >= 0.3 is 0 Å². The van der Waals surface area contributed by atoms with Crippen LogP contribution in [-0.2, 0) is 26.2 Å². The van der Waals surface area contributed by atoms with Gasteiger partial charge in [-0.1, -0.05) is 49.7 Å². The van der Waals surface area contributed by atoms with Crippen molar-refractivity contribution in [3.8, 4) is 0 Å². The standard InChI is InChI=1S/C26H36ClN3O4S/c1-7-20(5)28-26(32)23(8-2)29(16-21-11-13-22(27)14-12-21)25(31)17-30(35(6,33)34)24-15-18(3)9-10-19(24)4/h9-15,20,23H,7-8,16-17H2,1-6H3,(H,28,32)/t20-,23-/m1/s1. The molecular formula is C26H36ClN3O4S. The molecule has 9 heteroatoms. The number of carbonyl (C=O) groups is 2. The number of nitrogens with one attached hydrogen (secondary N) is 1. The van der Waals surface area contributed by atoms with E-state index in [4.69, 9.17) is 11.6 Å². The average Bonchev–Trinajstić information content (AvgIpc) is 2.79. The Balaban J connectivity index is 2.47. The fourth-order valence-corrected chi connectivity index (χ4v) is 4.75. The van der Waals surface area contributed by atoms with Crippen molar-refractivity contribution in [3.63, 3.8) is 0 Å². The summed E-state index contributed by atoms with van der Waals surface area (Å²) in [6.45, 7) is 9.11. The Labute approximate surface area is 214 Å². The first-order chi connectivity index (χ1) is 16.4. The molecule has 7 nitrogen and oxygen atoms in total. The minimum absolute atomic E-state index is 0.0495. The predicted molar refractivity (Wildman–Crippen MR) is 142 cm³/mol. The van der Waals surface area contributed by atoms with Crippen molar-refractivity contribution >= 4 is 39.1 Å². The molecule has 0 aliphatic heterocycles. The second-order valence-corrected chi connectivity index (χ2v) is 11.3. The molecule has 0 fully saturated rings. The second-order valence-electron chi connectivity index (χ2n) is 8.95. The third-order valence-electron chi connectivity index (χ3n) is 5.97. The minimum atomic E-state index is -3.77. The van der Waals surface area contributed by atoms with E-state index in [0.717, 1.165) is 33.7 Å². The lowest BCUT2D eigenvalue weighted by molar-refractivity contribution is -0.140. The van der Waals surface area contributed by atoms with E-state index < -0.39 is 28.5 Å². The molecule has 0 saturated carbocycles. The summed E-state index contributed by atoms with van der Waals surface area (Å²) >= 11 is 6.02. The van der Waals surface area contributed by atoms with Gasteiger partial charge in [-0.25, -0.2) is 8.42 Å². The molecule has 2 aromatic rings. The number of anilines is 1. The molecule has 1 N–H and O–H groups in total. The van der Waals surface area contributed by atoms with Crippen LogP contribution in [0.3, 0.4) is 0 Å². The van der Waals surface area contributed by atoms with Crippen molar-refractivity contribution < 1.29 is 18.0 Å². The molecule has 0 saturated heterocycles. The Bertz CT molecular complexity index is 1140. The maximum absolute atomic E-state index is 13.7. The number of benzene rings is 2. The van der Waals surface area contributed by atoms with Crippen LogP contribution >= 0.6 is 11.6 Å². The van der Waals surface area contributed by atoms with Crippen molar-refractivity contribution in [1.29, 1.82) is 0 Å². The van der Waals surface area contributed by atoms with Gasteiger partial charge in [0, 0.05) is 17.6 Å². The molecule has 0 aromatic heterocycles. The van der Waals surface area contributed by atoms with E-state index in [-0.39, 0.29) is 18.5 Å². The van der Waals surface area contributed by atoms with Gasteiger partial charge in [0.2, 0.25) is 21.8 Å². The van der Waals surface area contributed by atoms with E-state index in [1.54, 1.807) is 37.3 Å². The second kappa shape index (κ2) is 12.4. The lowest BCUT2D eigenvalue weighted by Crippen LogP contribution is -2.53. The first-order valence-electron chi connectivity index (χ1n) is 11.8. The molecule has 0 radical (unpaired) electrons. The largest absolute Gasteiger partial charge is 0.352 e. The van der Waals surface area contributed by atoms with Crippen molar-refractivity contribution in [2.45, 2.75) is 66.1 Å². The number of carbonyl (C=O) groups excluding carboxylic acids is 2. The zero-order valence-electron chi connectivity index (χ0n) is 21.3. The highest BCUT2D eigenvalue weighted by Crippen LogP contribution is 2.25. The van der Waals surface area contributed by atoms with Gasteiger partial charge in [0.15, 0.2) is 0 Å². The van der Waals surface area contributed by atoms with Crippen molar-refractivity contribution in [2.24, 2.45) is 0 Å². The molecule has 192 valence electrons. The first kappa shape index (κ1) is 28.7. The summed E-state index contributed by atoms with van der Waals surface area (Å²) in [6.07, 6.45) is 2.21. The molecule has 35 heavy (non-hydrogen) atoms. The number of sulfonamides is 1. The fraction of sp³-hybridized carbons (Fsp3) is 0.462. The summed E-state index contributed by atoms with van der Waals surface area (Å²) in [4.78, 5) is 28.3. The van der Waals surface area contributed by atoms with E-state index >= 15 is 0 Å². The summed E-state index contributed by atoms with van der Waals surface area (Å²) < 4.78 is 26.7. The van der Waals surface area contributed by atoms with E-state index in [9.17, 15) is 18.0 Å². The molecule has 2 aromatic carbocycles. The molecular weight excluding hydrogens is 486 g/mol. The number of hydrogen-bond acceptors (Lipinski definition) is 4. The lowest BCUT2D eigenvalue weighted by Gasteiger charge is -2.33. The van der Waals surface area contributed by atoms with Crippen LogP contribution < -0.4 is 9.62 Å². The molecule has 0 unspecified atom stereocenters. The Morgan fingerprint density at radius 2 is 1.66 bits per heavy atom. The van der Waals surface area contributed by atoms with Crippen LogP contribution in [0.15, 0.2) is 42.5 Å². The SMILES string of the molecule is CC[C@@H](C)NC(=O)[C@@H](CC)N(Cc1ccc(Cl)cc1)C(=O)CN(c1cc(C)ccc1C)S(C)(=O)=O. The van der Waals surface area contributed by atoms with Crippen LogP contribution in [0.25, 0.3) is 0 Å². The molecule has 2 amide bonds. The number of amides is 2. The van der Waals surface area contributed by atoms with Gasteiger partial charge in [-0.2, -0.15) is 0 Å². The van der Waals surface area contributed by atoms with Gasteiger partial charge < -0.3 is 10.2 Å². The topological polar surface area (TPSA) is 86.8 Å². The average molecular weight is 522 g/mol. The van der Waals surface area contributed by atoms with Gasteiger partial charge in [0.05, 0.1) is 11.9 Å². The molecule has 0 aliphatic rings. The van der Waals surface area contributed by atoms with Gasteiger partial charge in [-0.3, -0.25) is 13.9 Å². The number of nitrogens with zero attached hydrogens (tertiary/aromatic N) is 2. The van der Waals surface area contributed by atoms with Crippen LogP contribution in [0.5, 0.6) is 0 Å². The first-order valence-corrected chi connectivity index (χ1v) is 14.0. The Kier molecular flexibility index (Phi) is 10.2. The third kappa shape index (κ3) is 7.97. The summed E-state index contributed by atoms with van der Waals surface area (Å²) in [5.41, 5.74) is 2.85. The maximum atomic E-state index is 13.7. The quantitative estimate of drug-likeness (QED) is 0.473. The number of aryl methyl sites for hydroxylation is 2.